The quantitative estimate of drug-likeness (QED) is 0.134. The third-order valence-corrected chi connectivity index (χ3v) is 9.04. The second-order valence-corrected chi connectivity index (χ2v) is 12.2. The number of aliphatic imine (C=N–C) groups is 1. The van der Waals surface area contributed by atoms with Crippen LogP contribution in [0.1, 0.15) is 87.8 Å². The van der Waals surface area contributed by atoms with Gasteiger partial charge in [-0.3, -0.25) is 4.99 Å². The van der Waals surface area contributed by atoms with Gasteiger partial charge < -0.3 is 19.5 Å². The number of anilines is 2. The Labute approximate surface area is 274 Å². The molecule has 46 heavy (non-hydrogen) atoms. The normalized spacial score (nSPS) is 14.9. The fourth-order valence-corrected chi connectivity index (χ4v) is 6.51. The van der Waals surface area contributed by atoms with Gasteiger partial charge in [-0.2, -0.15) is 0 Å². The van der Waals surface area contributed by atoms with Crippen molar-refractivity contribution in [2.75, 3.05) is 26.6 Å². The van der Waals surface area contributed by atoms with Crippen LogP contribution in [0.4, 0.5) is 17.2 Å². The van der Waals surface area contributed by atoms with E-state index in [0.717, 1.165) is 52.1 Å². The summed E-state index contributed by atoms with van der Waals surface area (Å²) in [7, 11) is 4.87. The van der Waals surface area contributed by atoms with Gasteiger partial charge in [0.2, 0.25) is 5.75 Å². The van der Waals surface area contributed by atoms with Crippen molar-refractivity contribution in [1.29, 1.82) is 0 Å². The number of hydrogen-bond donors (Lipinski definition) is 1. The number of para-hydroxylation sites is 1. The predicted molar refractivity (Wildman–Crippen MR) is 194 cm³/mol. The summed E-state index contributed by atoms with van der Waals surface area (Å²) in [6, 6.07) is 20.7. The summed E-state index contributed by atoms with van der Waals surface area (Å²) in [5, 5.41) is 4.80. The van der Waals surface area contributed by atoms with E-state index in [1.807, 2.05) is 18.2 Å². The van der Waals surface area contributed by atoms with Crippen LogP contribution in [0.25, 0.3) is 23.1 Å². The third-order valence-electron chi connectivity index (χ3n) is 9.04. The number of aromatic nitrogens is 1. The van der Waals surface area contributed by atoms with Gasteiger partial charge in [-0.05, 0) is 79.1 Å². The number of hydrogen-bond acceptors (Lipinski definition) is 6. The Morgan fingerprint density at radius 3 is 2.09 bits per heavy atom. The average molecular weight is 620 g/mol. The van der Waals surface area contributed by atoms with Gasteiger partial charge >= 0.3 is 0 Å². The monoisotopic (exact) mass is 619 g/mol. The van der Waals surface area contributed by atoms with Crippen molar-refractivity contribution in [3.8, 4) is 17.2 Å². The van der Waals surface area contributed by atoms with Crippen LogP contribution in [0.15, 0.2) is 65.7 Å². The van der Waals surface area contributed by atoms with E-state index in [1.54, 1.807) is 21.3 Å². The Kier molecular flexibility index (Phi) is 11.7. The van der Waals surface area contributed by atoms with Crippen LogP contribution in [0, 0.1) is 12.8 Å². The van der Waals surface area contributed by atoms with E-state index in [2.05, 4.69) is 73.8 Å². The molecule has 0 atom stereocenters. The van der Waals surface area contributed by atoms with E-state index >= 15 is 0 Å². The van der Waals surface area contributed by atoms with E-state index in [0.29, 0.717) is 23.2 Å². The molecule has 0 saturated heterocycles. The first kappa shape index (κ1) is 33.1. The summed E-state index contributed by atoms with van der Waals surface area (Å²) in [5.74, 6) is 3.21. The van der Waals surface area contributed by atoms with E-state index in [4.69, 9.17) is 24.2 Å². The zero-order valence-corrected chi connectivity index (χ0v) is 28.2. The molecule has 1 heterocycles. The van der Waals surface area contributed by atoms with Gasteiger partial charge in [-0.1, -0.05) is 94.4 Å². The highest BCUT2D eigenvalue weighted by Gasteiger charge is 2.20. The lowest BCUT2D eigenvalue weighted by Gasteiger charge is -2.21. The first-order valence-electron chi connectivity index (χ1n) is 16.9. The minimum absolute atomic E-state index is 0.550. The molecule has 0 radical (unpaired) electrons. The summed E-state index contributed by atoms with van der Waals surface area (Å²) in [4.78, 5) is 10.6. The van der Waals surface area contributed by atoms with Crippen molar-refractivity contribution in [3.05, 3.63) is 77.4 Å². The van der Waals surface area contributed by atoms with Gasteiger partial charge in [-0.25, -0.2) is 4.98 Å². The molecule has 6 heteroatoms. The van der Waals surface area contributed by atoms with Crippen molar-refractivity contribution in [2.24, 2.45) is 10.9 Å². The smallest absolute Gasteiger partial charge is 0.203 e. The highest BCUT2D eigenvalue weighted by Crippen LogP contribution is 2.39. The Morgan fingerprint density at radius 1 is 0.826 bits per heavy atom. The predicted octanol–water partition coefficient (Wildman–Crippen LogP) is 11.1. The minimum Gasteiger partial charge on any atom is -0.493 e. The molecule has 1 aromatic heterocycles. The fraction of sp³-hybridized carbons (Fsp3) is 0.400. The van der Waals surface area contributed by atoms with E-state index in [-0.39, 0.29) is 0 Å². The SMILES string of the molecule is CCCC(=Nc1c(Nc2ccc(/C=C/c3cc(OC)c(OC)c(OC)c3)cc2)nc2ccccc2c1C)C1CCCCCCCC1. The van der Waals surface area contributed by atoms with Crippen molar-refractivity contribution in [2.45, 2.75) is 78.1 Å². The molecule has 0 amide bonds. The largest absolute Gasteiger partial charge is 0.493 e. The van der Waals surface area contributed by atoms with Crippen LogP contribution in [0.3, 0.4) is 0 Å². The Hall–Kier alpha value is -4.32. The number of benzene rings is 3. The summed E-state index contributed by atoms with van der Waals surface area (Å²) < 4.78 is 16.5. The minimum atomic E-state index is 0.550. The van der Waals surface area contributed by atoms with Crippen LogP contribution in [-0.2, 0) is 0 Å². The molecule has 1 fully saturated rings. The first-order chi connectivity index (χ1) is 22.5. The van der Waals surface area contributed by atoms with Crippen molar-refractivity contribution in [1.82, 2.24) is 4.98 Å². The van der Waals surface area contributed by atoms with Crippen LogP contribution in [0.5, 0.6) is 17.2 Å². The lowest BCUT2D eigenvalue weighted by molar-refractivity contribution is 0.324. The lowest BCUT2D eigenvalue weighted by Crippen LogP contribution is -2.15. The van der Waals surface area contributed by atoms with Gasteiger partial charge in [0, 0.05) is 16.8 Å². The molecule has 6 nitrogen and oxygen atoms in total. The molecular formula is C40H49N3O3. The van der Waals surface area contributed by atoms with E-state index in [1.165, 1.54) is 62.6 Å². The maximum atomic E-state index is 5.51. The van der Waals surface area contributed by atoms with Crippen LogP contribution < -0.4 is 19.5 Å². The Balaban J connectivity index is 1.44. The highest BCUT2D eigenvalue weighted by atomic mass is 16.5. The molecule has 0 spiro atoms. The molecule has 3 aromatic carbocycles. The van der Waals surface area contributed by atoms with Crippen LogP contribution in [0.2, 0.25) is 0 Å². The average Bonchev–Trinajstić information content (AvgIpc) is 3.23. The number of fused-ring (bicyclic) bond motifs is 1. The summed E-state index contributed by atoms with van der Waals surface area (Å²) >= 11 is 0. The number of pyridine rings is 1. The zero-order chi connectivity index (χ0) is 32.3. The number of ether oxygens (including phenoxy) is 3. The topological polar surface area (TPSA) is 65.0 Å². The molecule has 1 N–H and O–H groups in total. The molecule has 4 aromatic rings. The maximum absolute atomic E-state index is 5.51. The zero-order valence-electron chi connectivity index (χ0n) is 28.2. The highest BCUT2D eigenvalue weighted by molar-refractivity contribution is 5.96. The summed E-state index contributed by atoms with van der Waals surface area (Å²) in [6.07, 6.45) is 16.8. The van der Waals surface area contributed by atoms with Gasteiger partial charge in [0.25, 0.3) is 0 Å². The molecule has 0 unspecified atom stereocenters. The fourth-order valence-electron chi connectivity index (χ4n) is 6.51. The summed E-state index contributed by atoms with van der Waals surface area (Å²) in [5.41, 5.74) is 7.47. The van der Waals surface area contributed by atoms with Gasteiger partial charge in [0.1, 0.15) is 5.69 Å². The molecule has 5 rings (SSSR count). The number of nitrogens with zero attached hydrogens (tertiary/aromatic N) is 2. The number of rotatable bonds is 11. The lowest BCUT2D eigenvalue weighted by atomic mass is 9.89. The number of methoxy groups -OCH3 is 3. The van der Waals surface area contributed by atoms with Crippen molar-refractivity contribution in [3.63, 3.8) is 0 Å². The molecule has 0 aliphatic heterocycles. The van der Waals surface area contributed by atoms with Crippen LogP contribution in [-0.4, -0.2) is 32.0 Å². The second-order valence-electron chi connectivity index (χ2n) is 12.2. The Morgan fingerprint density at radius 2 is 1.46 bits per heavy atom. The van der Waals surface area contributed by atoms with Gasteiger partial charge in [0.05, 0.1) is 26.8 Å². The van der Waals surface area contributed by atoms with Crippen molar-refractivity contribution >= 4 is 46.0 Å². The first-order valence-corrected chi connectivity index (χ1v) is 16.9. The molecule has 242 valence electrons. The molecular weight excluding hydrogens is 570 g/mol. The van der Waals surface area contributed by atoms with E-state index < -0.39 is 0 Å². The Bertz CT molecular complexity index is 1620. The van der Waals surface area contributed by atoms with Crippen molar-refractivity contribution < 1.29 is 14.2 Å². The molecule has 0 bridgehead atoms. The van der Waals surface area contributed by atoms with Crippen LogP contribution >= 0.6 is 0 Å². The molecule has 1 aliphatic carbocycles. The summed E-state index contributed by atoms with van der Waals surface area (Å²) in [6.45, 7) is 4.46. The molecule has 1 aliphatic rings. The third kappa shape index (κ3) is 8.09. The number of nitrogens with one attached hydrogen (secondary N) is 1. The van der Waals surface area contributed by atoms with Gasteiger partial charge in [0.15, 0.2) is 17.3 Å². The van der Waals surface area contributed by atoms with E-state index in [9.17, 15) is 0 Å². The van der Waals surface area contributed by atoms with Gasteiger partial charge in [-0.15, -0.1) is 0 Å². The second kappa shape index (κ2) is 16.3. The number of aryl methyl sites for hydroxylation is 1. The standard InChI is InChI=1S/C40H49N3O3/c1-6-15-34(31-16-11-9-7-8-10-12-17-31)42-38-28(2)33-18-13-14-19-35(33)43-40(38)41-32-24-22-29(23-25-32)20-21-30-26-36(44-3)39(46-5)37(27-30)45-4/h13-14,18-27,31H,6-12,15-17H2,1-5H3,(H,41,43)/b21-20+,42-34?. The maximum Gasteiger partial charge on any atom is 0.203 e. The molecule has 1 saturated carbocycles.